The molecule has 0 radical (unpaired) electrons. The van der Waals surface area contributed by atoms with Crippen LogP contribution in [0.4, 0.5) is 8.78 Å². The van der Waals surface area contributed by atoms with Crippen molar-refractivity contribution in [2.75, 3.05) is 0 Å². The van der Waals surface area contributed by atoms with Gasteiger partial charge in [0.2, 0.25) is 0 Å². The zero-order chi connectivity index (χ0) is 13.8. The summed E-state index contributed by atoms with van der Waals surface area (Å²) in [7, 11) is 0. The molecule has 3 heteroatoms. The van der Waals surface area contributed by atoms with Crippen LogP contribution in [0.1, 0.15) is 37.2 Å². The van der Waals surface area contributed by atoms with Crippen LogP contribution in [0, 0.1) is 11.6 Å². The molecule has 0 aliphatic carbocycles. The van der Waals surface area contributed by atoms with E-state index in [-0.39, 0.29) is 23.8 Å². The van der Waals surface area contributed by atoms with Gasteiger partial charge in [0.1, 0.15) is 11.6 Å². The van der Waals surface area contributed by atoms with E-state index in [2.05, 4.69) is 0 Å². The molecular formula is C16H16F2O. The van der Waals surface area contributed by atoms with Gasteiger partial charge in [-0.2, -0.15) is 0 Å². The highest BCUT2D eigenvalue weighted by Gasteiger charge is 2.12. The maximum Gasteiger partial charge on any atom is 0.123 e. The molecule has 100 valence electrons. The normalized spacial score (nSPS) is 14.1. The average Bonchev–Trinajstić information content (AvgIpc) is 2.40. The Balaban J connectivity index is 2.03. The molecule has 0 aliphatic rings. The van der Waals surface area contributed by atoms with E-state index in [4.69, 9.17) is 4.74 Å². The van der Waals surface area contributed by atoms with Gasteiger partial charge in [-0.1, -0.05) is 24.3 Å². The van der Waals surface area contributed by atoms with E-state index in [0.29, 0.717) is 0 Å². The Morgan fingerprint density at radius 2 is 1.00 bits per heavy atom. The summed E-state index contributed by atoms with van der Waals surface area (Å²) in [6.45, 7) is 3.82. The third-order valence-corrected chi connectivity index (χ3v) is 3.09. The Morgan fingerprint density at radius 3 is 1.32 bits per heavy atom. The topological polar surface area (TPSA) is 9.23 Å². The molecule has 0 spiro atoms. The highest BCUT2D eigenvalue weighted by Crippen LogP contribution is 2.26. The van der Waals surface area contributed by atoms with Gasteiger partial charge >= 0.3 is 0 Å². The average molecular weight is 262 g/mol. The Labute approximate surface area is 111 Å². The van der Waals surface area contributed by atoms with E-state index in [1.54, 1.807) is 24.3 Å². The lowest BCUT2D eigenvalue weighted by molar-refractivity contribution is 0.00581. The summed E-state index contributed by atoms with van der Waals surface area (Å²) in [4.78, 5) is 0. The predicted octanol–water partition coefficient (Wildman–Crippen LogP) is 4.80. The molecule has 0 bridgehead atoms. The third kappa shape index (κ3) is 3.61. The van der Waals surface area contributed by atoms with Gasteiger partial charge in [0.25, 0.3) is 0 Å². The highest BCUT2D eigenvalue weighted by molar-refractivity contribution is 5.20. The van der Waals surface area contributed by atoms with Crippen molar-refractivity contribution in [3.05, 3.63) is 71.3 Å². The van der Waals surface area contributed by atoms with E-state index in [1.165, 1.54) is 24.3 Å². The second-order valence-electron chi connectivity index (χ2n) is 4.52. The van der Waals surface area contributed by atoms with E-state index >= 15 is 0 Å². The fraction of sp³-hybridized carbons (Fsp3) is 0.250. The summed E-state index contributed by atoms with van der Waals surface area (Å²) in [6, 6.07) is 12.5. The van der Waals surface area contributed by atoms with E-state index in [0.717, 1.165) is 11.1 Å². The lowest BCUT2D eigenvalue weighted by Crippen LogP contribution is -2.05. The number of halogens is 2. The Hall–Kier alpha value is -1.74. The summed E-state index contributed by atoms with van der Waals surface area (Å²) >= 11 is 0. The predicted molar refractivity (Wildman–Crippen MR) is 70.7 cm³/mol. The number of benzene rings is 2. The van der Waals surface area contributed by atoms with E-state index in [9.17, 15) is 8.78 Å². The van der Waals surface area contributed by atoms with Gasteiger partial charge in [-0.15, -0.1) is 0 Å². The van der Waals surface area contributed by atoms with Gasteiger partial charge in [0.05, 0.1) is 12.2 Å². The van der Waals surface area contributed by atoms with Gasteiger partial charge in [-0.25, -0.2) is 8.78 Å². The van der Waals surface area contributed by atoms with Crippen molar-refractivity contribution in [2.24, 2.45) is 0 Å². The fourth-order valence-electron chi connectivity index (χ4n) is 1.93. The first kappa shape index (κ1) is 13.7. The molecule has 0 saturated heterocycles. The second-order valence-corrected chi connectivity index (χ2v) is 4.52. The first-order valence-electron chi connectivity index (χ1n) is 6.22. The molecule has 2 atom stereocenters. The molecule has 2 aromatic carbocycles. The minimum absolute atomic E-state index is 0.152. The molecule has 19 heavy (non-hydrogen) atoms. The molecule has 2 unspecified atom stereocenters. The number of rotatable bonds is 4. The summed E-state index contributed by atoms with van der Waals surface area (Å²) < 4.78 is 31.5. The SMILES string of the molecule is CC(OC(C)c1ccc(F)cc1)c1ccc(F)cc1. The van der Waals surface area contributed by atoms with Crippen LogP contribution < -0.4 is 0 Å². The molecule has 0 fully saturated rings. The zero-order valence-electron chi connectivity index (χ0n) is 10.9. The summed E-state index contributed by atoms with van der Waals surface area (Å²) in [5.74, 6) is -0.523. The highest BCUT2D eigenvalue weighted by atomic mass is 19.1. The molecule has 0 saturated carbocycles. The quantitative estimate of drug-likeness (QED) is 0.768. The van der Waals surface area contributed by atoms with Crippen LogP contribution in [0.3, 0.4) is 0 Å². The number of hydrogen-bond donors (Lipinski definition) is 0. The van der Waals surface area contributed by atoms with Gasteiger partial charge in [-0.3, -0.25) is 0 Å². The standard InChI is InChI=1S/C16H16F2O/c1-11(13-3-7-15(17)8-4-13)19-12(2)14-5-9-16(18)10-6-14/h3-12H,1-2H3. The smallest absolute Gasteiger partial charge is 0.123 e. The molecule has 0 N–H and O–H groups in total. The lowest BCUT2D eigenvalue weighted by atomic mass is 10.1. The van der Waals surface area contributed by atoms with E-state index < -0.39 is 0 Å². The van der Waals surface area contributed by atoms with Crippen LogP contribution in [0.5, 0.6) is 0 Å². The van der Waals surface area contributed by atoms with Crippen molar-refractivity contribution in [2.45, 2.75) is 26.1 Å². The second kappa shape index (κ2) is 5.93. The largest absolute Gasteiger partial charge is 0.366 e. The molecule has 1 nitrogen and oxygen atoms in total. The summed E-state index contributed by atoms with van der Waals surface area (Å²) in [5.41, 5.74) is 1.82. The Kier molecular flexibility index (Phi) is 4.27. The van der Waals surface area contributed by atoms with Gasteiger partial charge in [-0.05, 0) is 49.2 Å². The maximum absolute atomic E-state index is 12.8. The fourth-order valence-corrected chi connectivity index (χ4v) is 1.93. The molecule has 0 heterocycles. The maximum atomic E-state index is 12.8. The van der Waals surface area contributed by atoms with Crippen LogP contribution in [0.25, 0.3) is 0 Å². The lowest BCUT2D eigenvalue weighted by Gasteiger charge is -2.20. The van der Waals surface area contributed by atoms with Crippen molar-refractivity contribution < 1.29 is 13.5 Å². The Bertz CT molecular complexity index is 470. The molecule has 0 aromatic heterocycles. The van der Waals surface area contributed by atoms with Crippen LogP contribution in [0.15, 0.2) is 48.5 Å². The molecule has 2 aromatic rings. The first-order valence-corrected chi connectivity index (χ1v) is 6.22. The third-order valence-electron chi connectivity index (χ3n) is 3.09. The van der Waals surface area contributed by atoms with Crippen molar-refractivity contribution in [1.29, 1.82) is 0 Å². The molecule has 2 rings (SSSR count). The van der Waals surface area contributed by atoms with Gasteiger partial charge in [0.15, 0.2) is 0 Å². The monoisotopic (exact) mass is 262 g/mol. The Morgan fingerprint density at radius 1 is 0.684 bits per heavy atom. The van der Waals surface area contributed by atoms with Crippen molar-refractivity contribution in [3.8, 4) is 0 Å². The first-order chi connectivity index (χ1) is 9.06. The molecular weight excluding hydrogens is 246 g/mol. The van der Waals surface area contributed by atoms with Crippen LogP contribution in [0.2, 0.25) is 0 Å². The minimum Gasteiger partial charge on any atom is -0.366 e. The zero-order valence-corrected chi connectivity index (χ0v) is 10.9. The van der Waals surface area contributed by atoms with Gasteiger partial charge in [0, 0.05) is 0 Å². The van der Waals surface area contributed by atoms with Crippen LogP contribution in [-0.4, -0.2) is 0 Å². The van der Waals surface area contributed by atoms with Crippen LogP contribution in [-0.2, 0) is 4.74 Å². The van der Waals surface area contributed by atoms with Crippen molar-refractivity contribution in [1.82, 2.24) is 0 Å². The van der Waals surface area contributed by atoms with E-state index in [1.807, 2.05) is 13.8 Å². The van der Waals surface area contributed by atoms with Crippen molar-refractivity contribution >= 4 is 0 Å². The van der Waals surface area contributed by atoms with Crippen molar-refractivity contribution in [3.63, 3.8) is 0 Å². The van der Waals surface area contributed by atoms with Crippen LogP contribution >= 0.6 is 0 Å². The van der Waals surface area contributed by atoms with Gasteiger partial charge < -0.3 is 4.74 Å². The molecule has 0 amide bonds. The molecule has 0 aliphatic heterocycles. The summed E-state index contributed by atoms with van der Waals surface area (Å²) in [6.07, 6.45) is -0.304. The minimum atomic E-state index is -0.262. The number of ether oxygens (including phenoxy) is 1. The number of hydrogen-bond acceptors (Lipinski definition) is 1. The summed E-state index contributed by atoms with van der Waals surface area (Å²) in [5, 5.41) is 0.